The first-order chi connectivity index (χ1) is 9.40. The zero-order valence-electron chi connectivity index (χ0n) is 11.8. The summed E-state index contributed by atoms with van der Waals surface area (Å²) in [5.41, 5.74) is -0.783. The second kappa shape index (κ2) is 6.83. The van der Waals surface area contributed by atoms with Crippen molar-refractivity contribution in [3.8, 4) is 0 Å². The first-order valence-electron chi connectivity index (χ1n) is 6.54. The van der Waals surface area contributed by atoms with Crippen molar-refractivity contribution in [2.24, 2.45) is 0 Å². The second-order valence-electron chi connectivity index (χ2n) is 4.50. The van der Waals surface area contributed by atoms with Gasteiger partial charge in [-0.25, -0.2) is 9.48 Å². The molecule has 0 aliphatic carbocycles. The van der Waals surface area contributed by atoms with Crippen molar-refractivity contribution in [1.29, 1.82) is 0 Å². The van der Waals surface area contributed by atoms with Crippen LogP contribution in [-0.4, -0.2) is 32.8 Å². The largest absolute Gasteiger partial charge is 0.476 e. The van der Waals surface area contributed by atoms with E-state index in [9.17, 15) is 14.4 Å². The van der Waals surface area contributed by atoms with Gasteiger partial charge in [0, 0.05) is 12.1 Å². The zero-order valence-corrected chi connectivity index (χ0v) is 11.8. The minimum absolute atomic E-state index is 0.0308. The molecule has 1 rings (SSSR count). The summed E-state index contributed by atoms with van der Waals surface area (Å²) in [5, 5.41) is 15.4. The summed E-state index contributed by atoms with van der Waals surface area (Å²) >= 11 is 0. The number of hydrogen-bond acceptors (Lipinski definition) is 4. The predicted octanol–water partition coefficient (Wildman–Crippen LogP) is 0.807. The Morgan fingerprint density at radius 2 is 1.95 bits per heavy atom. The van der Waals surface area contributed by atoms with E-state index in [4.69, 9.17) is 5.11 Å². The van der Waals surface area contributed by atoms with Crippen LogP contribution < -0.4 is 10.9 Å². The van der Waals surface area contributed by atoms with Crippen molar-refractivity contribution in [3.63, 3.8) is 0 Å². The van der Waals surface area contributed by atoms with Gasteiger partial charge < -0.3 is 10.4 Å². The van der Waals surface area contributed by atoms with Gasteiger partial charge in [0.1, 0.15) is 6.04 Å². The van der Waals surface area contributed by atoms with Gasteiger partial charge in [0.2, 0.25) is 5.91 Å². The van der Waals surface area contributed by atoms with Crippen LogP contribution >= 0.6 is 0 Å². The number of carboxylic acid groups (broad SMARTS) is 1. The van der Waals surface area contributed by atoms with Crippen LogP contribution in [0.2, 0.25) is 0 Å². The zero-order chi connectivity index (χ0) is 15.3. The van der Waals surface area contributed by atoms with Gasteiger partial charge in [-0.2, -0.15) is 5.10 Å². The molecule has 0 fully saturated rings. The Hall–Kier alpha value is -2.18. The van der Waals surface area contributed by atoms with E-state index in [1.165, 1.54) is 6.92 Å². The molecule has 110 valence electrons. The molecule has 0 saturated heterocycles. The lowest BCUT2D eigenvalue weighted by atomic mass is 10.1. The highest BCUT2D eigenvalue weighted by atomic mass is 16.4. The van der Waals surface area contributed by atoms with Crippen LogP contribution in [0.3, 0.4) is 0 Å². The van der Waals surface area contributed by atoms with Crippen LogP contribution in [0.15, 0.2) is 16.9 Å². The summed E-state index contributed by atoms with van der Waals surface area (Å²) in [6, 6.07) is 1.38. The fourth-order valence-corrected chi connectivity index (χ4v) is 1.74. The molecular formula is C13H19N3O4. The maximum Gasteiger partial charge on any atom is 0.356 e. The molecule has 20 heavy (non-hydrogen) atoms. The van der Waals surface area contributed by atoms with Crippen molar-refractivity contribution >= 4 is 11.9 Å². The highest BCUT2D eigenvalue weighted by molar-refractivity contribution is 5.85. The summed E-state index contributed by atoms with van der Waals surface area (Å²) in [6.07, 6.45) is 1.57. The monoisotopic (exact) mass is 281 g/mol. The molecule has 1 aromatic heterocycles. The molecule has 0 aliphatic heterocycles. The Bertz CT molecular complexity index is 549. The van der Waals surface area contributed by atoms with Crippen molar-refractivity contribution in [2.45, 2.75) is 45.7 Å². The van der Waals surface area contributed by atoms with Gasteiger partial charge in [-0.05, 0) is 25.8 Å². The van der Waals surface area contributed by atoms with Crippen LogP contribution in [0.25, 0.3) is 0 Å². The summed E-state index contributed by atoms with van der Waals surface area (Å²) in [4.78, 5) is 34.6. The van der Waals surface area contributed by atoms with E-state index in [1.54, 1.807) is 0 Å². The van der Waals surface area contributed by atoms with Gasteiger partial charge >= 0.3 is 5.97 Å². The smallest absolute Gasteiger partial charge is 0.356 e. The fourth-order valence-electron chi connectivity index (χ4n) is 1.74. The molecule has 1 atom stereocenters. The Labute approximate surface area is 116 Å². The Kier molecular flexibility index (Phi) is 5.42. The number of nitrogens with zero attached hydrogens (tertiary/aromatic N) is 2. The summed E-state index contributed by atoms with van der Waals surface area (Å²) in [5.74, 6) is -1.60. The summed E-state index contributed by atoms with van der Waals surface area (Å²) in [6.45, 7) is 5.42. The molecule has 0 radical (unpaired) electrons. The van der Waals surface area contributed by atoms with Crippen molar-refractivity contribution in [3.05, 3.63) is 28.2 Å². The van der Waals surface area contributed by atoms with Crippen molar-refractivity contribution in [2.75, 3.05) is 0 Å². The van der Waals surface area contributed by atoms with Gasteiger partial charge in [-0.3, -0.25) is 9.59 Å². The lowest BCUT2D eigenvalue weighted by molar-refractivity contribution is -0.125. The van der Waals surface area contributed by atoms with Crippen LogP contribution in [0.4, 0.5) is 0 Å². The van der Waals surface area contributed by atoms with Crippen LogP contribution in [0.1, 0.15) is 50.1 Å². The van der Waals surface area contributed by atoms with Gasteiger partial charge in [0.05, 0.1) is 0 Å². The first-order valence-corrected chi connectivity index (χ1v) is 6.54. The summed E-state index contributed by atoms with van der Waals surface area (Å²) < 4.78 is 0.890. The highest BCUT2D eigenvalue weighted by Gasteiger charge is 2.20. The average Bonchev–Trinajstić information content (AvgIpc) is 2.43. The lowest BCUT2D eigenvalue weighted by Gasteiger charge is -2.19. The number of carboxylic acids is 1. The average molecular weight is 281 g/mol. The van der Waals surface area contributed by atoms with E-state index in [1.807, 2.05) is 13.8 Å². The van der Waals surface area contributed by atoms with E-state index in [-0.39, 0.29) is 17.6 Å². The fraction of sp³-hybridized carbons (Fsp3) is 0.538. The SMILES string of the molecule is CCC(CC)NC(=O)C(C)n1nc(C(=O)O)ccc1=O. The molecular weight excluding hydrogens is 262 g/mol. The van der Waals surface area contributed by atoms with Gasteiger partial charge in [0.25, 0.3) is 5.56 Å². The van der Waals surface area contributed by atoms with Crippen LogP contribution in [-0.2, 0) is 4.79 Å². The van der Waals surface area contributed by atoms with E-state index in [2.05, 4.69) is 10.4 Å². The Morgan fingerprint density at radius 3 is 2.45 bits per heavy atom. The van der Waals surface area contributed by atoms with Crippen molar-refractivity contribution in [1.82, 2.24) is 15.1 Å². The highest BCUT2D eigenvalue weighted by Crippen LogP contribution is 2.04. The van der Waals surface area contributed by atoms with Gasteiger partial charge in [-0.15, -0.1) is 0 Å². The van der Waals surface area contributed by atoms with E-state index >= 15 is 0 Å². The molecule has 7 nitrogen and oxygen atoms in total. The number of rotatable bonds is 6. The maximum absolute atomic E-state index is 12.0. The molecule has 1 heterocycles. The normalized spacial score (nSPS) is 12.2. The molecule has 1 aromatic rings. The first kappa shape index (κ1) is 15.9. The number of carbonyl (C=O) groups excluding carboxylic acids is 1. The Balaban J connectivity index is 2.99. The maximum atomic E-state index is 12.0. The van der Waals surface area contributed by atoms with Crippen molar-refractivity contribution < 1.29 is 14.7 Å². The molecule has 0 saturated carbocycles. The molecule has 0 bridgehead atoms. The number of aromatic nitrogens is 2. The lowest BCUT2D eigenvalue weighted by Crippen LogP contribution is -2.41. The van der Waals surface area contributed by atoms with E-state index in [0.717, 1.165) is 29.7 Å². The molecule has 1 amide bonds. The third-order valence-corrected chi connectivity index (χ3v) is 3.12. The summed E-state index contributed by atoms with van der Waals surface area (Å²) in [7, 11) is 0. The van der Waals surface area contributed by atoms with Gasteiger partial charge in [0.15, 0.2) is 5.69 Å². The topological polar surface area (TPSA) is 101 Å². The molecule has 7 heteroatoms. The third kappa shape index (κ3) is 3.66. The van der Waals surface area contributed by atoms with Crippen LogP contribution in [0, 0.1) is 0 Å². The number of nitrogens with one attached hydrogen (secondary N) is 1. The second-order valence-corrected chi connectivity index (χ2v) is 4.50. The van der Waals surface area contributed by atoms with Crippen LogP contribution in [0.5, 0.6) is 0 Å². The standard InChI is InChI=1S/C13H19N3O4/c1-4-9(5-2)14-12(18)8(3)16-11(17)7-6-10(15-16)13(19)20/h6-9H,4-5H2,1-3H3,(H,14,18)(H,19,20). The minimum Gasteiger partial charge on any atom is -0.476 e. The number of aromatic carboxylic acids is 1. The number of hydrogen-bond donors (Lipinski definition) is 2. The predicted molar refractivity (Wildman–Crippen MR) is 72.7 cm³/mol. The minimum atomic E-state index is -1.24. The molecule has 0 aliphatic rings. The van der Waals surface area contributed by atoms with Gasteiger partial charge in [-0.1, -0.05) is 13.8 Å². The molecule has 2 N–H and O–H groups in total. The molecule has 0 spiro atoms. The Morgan fingerprint density at radius 1 is 1.35 bits per heavy atom. The molecule has 1 unspecified atom stereocenters. The number of carbonyl (C=O) groups is 2. The number of amides is 1. The quantitative estimate of drug-likeness (QED) is 0.803. The molecule has 0 aromatic carbocycles. The third-order valence-electron chi connectivity index (χ3n) is 3.12. The van der Waals surface area contributed by atoms with E-state index < -0.39 is 17.6 Å². The van der Waals surface area contributed by atoms with E-state index in [0.29, 0.717) is 0 Å².